The van der Waals surface area contributed by atoms with Crippen LogP contribution in [0.25, 0.3) is 0 Å². The van der Waals surface area contributed by atoms with Crippen molar-refractivity contribution in [1.82, 2.24) is 20.3 Å². The Bertz CT molecular complexity index is 1680. The van der Waals surface area contributed by atoms with Gasteiger partial charge in [0.15, 0.2) is 5.67 Å². The molecule has 4 saturated heterocycles. The van der Waals surface area contributed by atoms with Gasteiger partial charge in [-0.2, -0.15) is 0 Å². The maximum atomic E-state index is 15.0. The summed E-state index contributed by atoms with van der Waals surface area (Å²) in [4.78, 5) is 37.8. The van der Waals surface area contributed by atoms with Gasteiger partial charge in [-0.05, 0) is 69.0 Å². The first kappa shape index (κ1) is 43.2. The molecule has 55 heavy (non-hydrogen) atoms. The first-order valence-corrected chi connectivity index (χ1v) is 20.8. The molecule has 1 amide bonds. The molecule has 2 aromatic heterocycles. The van der Waals surface area contributed by atoms with Crippen molar-refractivity contribution in [3.05, 3.63) is 32.6 Å². The van der Waals surface area contributed by atoms with Crippen LogP contribution in [0, 0.1) is 0 Å². The molecule has 0 saturated carbocycles. The number of aliphatic carboxylic acids is 1. The number of fused-ring (bicyclic) bond motifs is 2. The second kappa shape index (κ2) is 18.1. The molecule has 4 fully saturated rings. The van der Waals surface area contributed by atoms with Crippen LogP contribution in [-0.4, -0.2) is 139 Å². The number of carboxylic acids is 1. The number of nitrogens with one attached hydrogen (secondary N) is 2. The molecule has 4 N–H and O–H groups in total. The van der Waals surface area contributed by atoms with Gasteiger partial charge in [-0.3, -0.25) is 14.8 Å². The molecular formula is C38H57BF2N6O6S2. The van der Waals surface area contributed by atoms with Gasteiger partial charge in [0.2, 0.25) is 5.67 Å². The minimum absolute atomic E-state index is 0. The van der Waals surface area contributed by atoms with Crippen LogP contribution in [0.15, 0.2) is 32.9 Å². The van der Waals surface area contributed by atoms with Crippen LogP contribution < -0.4 is 20.1 Å². The van der Waals surface area contributed by atoms with Crippen LogP contribution in [-0.2, 0) is 9.59 Å². The summed E-state index contributed by atoms with van der Waals surface area (Å²) in [5.41, 5.74) is -1.79. The Morgan fingerprint density at radius 2 is 1.22 bits per heavy atom. The average Bonchev–Trinajstić information content (AvgIpc) is 3.85. The number of thiophene rings is 2. The van der Waals surface area contributed by atoms with Crippen molar-refractivity contribution in [3.8, 4) is 11.5 Å². The number of carboxylic acid groups (broad SMARTS) is 1. The second-order valence-corrected chi connectivity index (χ2v) is 17.0. The minimum Gasteiger partial charge on any atom is -0.485 e. The van der Waals surface area contributed by atoms with E-state index in [1.165, 1.54) is 10.6 Å². The Hall–Kier alpha value is -2.96. The summed E-state index contributed by atoms with van der Waals surface area (Å²) in [6, 6.07) is 4.07. The van der Waals surface area contributed by atoms with E-state index in [1.54, 1.807) is 39.2 Å². The van der Waals surface area contributed by atoms with Gasteiger partial charge in [-0.25, -0.2) is 13.6 Å². The van der Waals surface area contributed by atoms with Gasteiger partial charge in [0, 0.05) is 91.4 Å². The lowest BCUT2D eigenvalue weighted by molar-refractivity contribution is -0.153. The van der Waals surface area contributed by atoms with E-state index >= 15 is 0 Å². The van der Waals surface area contributed by atoms with Crippen molar-refractivity contribution in [3.63, 3.8) is 0 Å². The number of carbonyl (C=O) groups is 2. The molecule has 0 atom stereocenters. The number of ether oxygens (including phenoxy) is 2. The van der Waals surface area contributed by atoms with Gasteiger partial charge in [0.25, 0.3) is 5.91 Å². The number of halogens is 2. The molecule has 0 aliphatic carbocycles. The molecule has 2 spiro atoms. The van der Waals surface area contributed by atoms with Crippen LogP contribution in [0.5, 0.6) is 11.5 Å². The predicted octanol–water partition coefficient (Wildman–Crippen LogP) is 5.10. The number of aliphatic imine (C=N–C) groups is 2. The fourth-order valence-electron chi connectivity index (χ4n) is 8.19. The number of hydrogen-bond donors (Lipinski definition) is 4. The van der Waals surface area contributed by atoms with E-state index in [1.807, 2.05) is 25.5 Å². The molecule has 17 heteroatoms. The number of nitrogens with zero attached hydrogens (tertiary/aromatic N) is 4. The molecule has 2 aromatic rings. The van der Waals surface area contributed by atoms with Crippen molar-refractivity contribution < 1.29 is 38.0 Å². The van der Waals surface area contributed by atoms with Gasteiger partial charge in [0.05, 0.1) is 21.2 Å². The summed E-state index contributed by atoms with van der Waals surface area (Å²) in [7, 11) is 3.08. The SMILES string of the molecule is C.CB(O)N1CCC(F)(C(=O)O)CC1.CN=C1CC2(CCN(C(=O)C3(F)CCNCC3)CC2)Oc2ccsc21.CN=C1CC2(CCNCC2)Oc2ccsc21. The van der Waals surface area contributed by atoms with Crippen molar-refractivity contribution in [2.75, 3.05) is 66.5 Å². The fraction of sp³-hybridized carbons (Fsp3) is 0.684. The maximum Gasteiger partial charge on any atom is 0.376 e. The lowest BCUT2D eigenvalue weighted by atomic mass is 9.80. The summed E-state index contributed by atoms with van der Waals surface area (Å²) >= 11 is 3.39. The Morgan fingerprint density at radius 3 is 1.65 bits per heavy atom. The maximum absolute atomic E-state index is 15.0. The highest BCUT2D eigenvalue weighted by molar-refractivity contribution is 7.13. The molecular weight excluding hydrogens is 749 g/mol. The highest BCUT2D eigenvalue weighted by Crippen LogP contribution is 2.43. The van der Waals surface area contributed by atoms with Crippen molar-refractivity contribution in [2.24, 2.45) is 9.98 Å². The van der Waals surface area contributed by atoms with Gasteiger partial charge >= 0.3 is 13.0 Å². The Kier molecular flexibility index (Phi) is 14.2. The first-order chi connectivity index (χ1) is 25.8. The van der Waals surface area contributed by atoms with Crippen LogP contribution in [0.3, 0.4) is 0 Å². The molecule has 0 unspecified atom stereocenters. The van der Waals surface area contributed by atoms with E-state index < -0.39 is 24.4 Å². The van der Waals surface area contributed by atoms with E-state index in [4.69, 9.17) is 19.6 Å². The largest absolute Gasteiger partial charge is 0.485 e. The number of amides is 1. The van der Waals surface area contributed by atoms with Crippen molar-refractivity contribution in [1.29, 1.82) is 0 Å². The topological polar surface area (TPSA) is 148 Å². The lowest BCUT2D eigenvalue weighted by Gasteiger charge is -2.45. The van der Waals surface area contributed by atoms with Gasteiger partial charge in [0.1, 0.15) is 22.7 Å². The van der Waals surface area contributed by atoms with Crippen LogP contribution in [0.4, 0.5) is 8.78 Å². The van der Waals surface area contributed by atoms with Crippen LogP contribution in [0.1, 0.15) is 81.4 Å². The molecule has 8 rings (SSSR count). The highest BCUT2D eigenvalue weighted by atomic mass is 32.1. The average molecular weight is 807 g/mol. The smallest absolute Gasteiger partial charge is 0.376 e. The van der Waals surface area contributed by atoms with E-state index in [2.05, 4.69) is 32.1 Å². The highest BCUT2D eigenvalue weighted by Gasteiger charge is 2.48. The molecule has 0 radical (unpaired) electrons. The number of piperidine rings is 4. The second-order valence-electron chi connectivity index (χ2n) is 15.2. The quantitative estimate of drug-likeness (QED) is 0.312. The number of carbonyl (C=O) groups excluding carboxylic acids is 1. The third kappa shape index (κ3) is 9.61. The zero-order valence-electron chi connectivity index (χ0n) is 31.5. The fourth-order valence-corrected chi connectivity index (χ4v) is 9.90. The molecule has 304 valence electrons. The Morgan fingerprint density at radius 1 is 0.764 bits per heavy atom. The zero-order chi connectivity index (χ0) is 38.6. The first-order valence-electron chi connectivity index (χ1n) is 19.0. The molecule has 8 heterocycles. The molecule has 0 bridgehead atoms. The summed E-state index contributed by atoms with van der Waals surface area (Å²) in [5.74, 6) is 0.216. The Balaban J connectivity index is 0.000000168. The van der Waals surface area contributed by atoms with Gasteiger partial charge in [-0.15, -0.1) is 22.7 Å². The van der Waals surface area contributed by atoms with Crippen molar-refractivity contribution in [2.45, 2.75) is 101 Å². The standard InChI is InChI=1S/C18H24FN3O2S.C12H16N2OS.C7H13BFNO3.CH4/c1-20-13-12-17(24-14-2-11-25-15(13)14)5-9-22(10-6-17)16(23)18(19)3-7-21-8-4-18;1-13-9-8-12(3-5-14-6-4-12)15-10-2-7-16-11(9)10;1-8(13)10-4-2-7(9,3-5-10)6(11)12;/h2,11,21H,3-10,12H2,1H3;2,7,14H,3-6,8H2,1H3;13H,2-5H2,1H3,(H,11,12);1H4. The summed E-state index contributed by atoms with van der Waals surface area (Å²) < 4.78 is 40.9. The molecule has 12 nitrogen and oxygen atoms in total. The van der Waals surface area contributed by atoms with Crippen molar-refractivity contribution >= 4 is 53.0 Å². The van der Waals surface area contributed by atoms with Crippen LogP contribution in [0.2, 0.25) is 6.82 Å². The third-order valence-electron chi connectivity index (χ3n) is 11.7. The molecule has 0 aromatic carbocycles. The monoisotopic (exact) mass is 806 g/mol. The summed E-state index contributed by atoms with van der Waals surface area (Å²) in [5, 5.41) is 28.3. The van der Waals surface area contributed by atoms with E-state index in [9.17, 15) is 18.4 Å². The van der Waals surface area contributed by atoms with Gasteiger partial charge < -0.3 is 39.9 Å². The minimum atomic E-state index is -2.09. The zero-order valence-corrected chi connectivity index (χ0v) is 33.1. The van der Waals surface area contributed by atoms with E-state index in [-0.39, 0.29) is 50.2 Å². The number of rotatable bonds is 3. The normalized spacial score (nSPS) is 24.7. The van der Waals surface area contributed by atoms with Gasteiger partial charge in [-0.1, -0.05) is 7.43 Å². The predicted molar refractivity (Wildman–Crippen MR) is 216 cm³/mol. The van der Waals surface area contributed by atoms with Crippen LogP contribution >= 0.6 is 22.7 Å². The number of alkyl halides is 2. The summed E-state index contributed by atoms with van der Waals surface area (Å²) in [6.07, 6.45) is 5.80. The van der Waals surface area contributed by atoms with E-state index in [0.29, 0.717) is 39.3 Å². The molecule has 6 aliphatic rings. The van der Waals surface area contributed by atoms with E-state index in [0.717, 1.165) is 73.7 Å². The molecule has 6 aliphatic heterocycles. The summed E-state index contributed by atoms with van der Waals surface area (Å²) in [6.45, 7) is 6.52. The number of likely N-dealkylation sites (tertiary alicyclic amines) is 1. The Labute approximate surface area is 331 Å². The third-order valence-corrected chi connectivity index (χ3v) is 13.6. The number of hydrogen-bond acceptors (Lipinski definition) is 12. The lowest BCUT2D eigenvalue weighted by Crippen LogP contribution is -2.57.